The average Bonchev–Trinajstić information content (AvgIpc) is 3.25. The standard InChI is InChI=1S/C26H27N5O2/c1-18-16-24(28-25-21(18)10-7-11-23(25)33-3)29-12-14-30(15-13-29)26(32)22-17-27-31(19(22)2)20-8-5-4-6-9-20/h4-11,16-17H,12-15H2,1-3H3. The summed E-state index contributed by atoms with van der Waals surface area (Å²) >= 11 is 0. The van der Waals surface area contributed by atoms with Gasteiger partial charge in [0.05, 0.1) is 30.3 Å². The third kappa shape index (κ3) is 3.80. The van der Waals surface area contributed by atoms with Gasteiger partial charge in [0.2, 0.25) is 0 Å². The summed E-state index contributed by atoms with van der Waals surface area (Å²) < 4.78 is 7.34. The lowest BCUT2D eigenvalue weighted by molar-refractivity contribution is 0.0745. The zero-order valence-electron chi connectivity index (χ0n) is 19.2. The molecule has 0 spiro atoms. The first-order valence-corrected chi connectivity index (χ1v) is 11.2. The topological polar surface area (TPSA) is 63.5 Å². The molecule has 0 atom stereocenters. The molecule has 0 unspecified atom stereocenters. The maximum Gasteiger partial charge on any atom is 0.257 e. The molecule has 4 aromatic rings. The Morgan fingerprint density at radius 3 is 2.45 bits per heavy atom. The molecule has 0 bridgehead atoms. The van der Waals surface area contributed by atoms with Gasteiger partial charge in [-0.2, -0.15) is 5.10 Å². The number of carbonyl (C=O) groups excluding carboxylic acids is 1. The fourth-order valence-electron chi connectivity index (χ4n) is 4.46. The highest BCUT2D eigenvalue weighted by Crippen LogP contribution is 2.29. The summed E-state index contributed by atoms with van der Waals surface area (Å²) in [7, 11) is 1.67. The molecule has 1 aliphatic rings. The normalized spacial score (nSPS) is 14.0. The molecule has 33 heavy (non-hydrogen) atoms. The summed E-state index contributed by atoms with van der Waals surface area (Å²) in [6.07, 6.45) is 1.68. The van der Waals surface area contributed by atoms with Crippen LogP contribution in [0.2, 0.25) is 0 Å². The monoisotopic (exact) mass is 441 g/mol. The van der Waals surface area contributed by atoms with Crippen molar-refractivity contribution in [1.82, 2.24) is 19.7 Å². The summed E-state index contributed by atoms with van der Waals surface area (Å²) in [5.41, 5.74) is 4.49. The van der Waals surface area contributed by atoms with Crippen LogP contribution in [0.5, 0.6) is 5.75 Å². The number of aromatic nitrogens is 3. The summed E-state index contributed by atoms with van der Waals surface area (Å²) in [6.45, 7) is 6.77. The van der Waals surface area contributed by atoms with Gasteiger partial charge in [0.15, 0.2) is 0 Å². The lowest BCUT2D eigenvalue weighted by atomic mass is 10.1. The second kappa shape index (κ2) is 8.58. The van der Waals surface area contributed by atoms with Crippen molar-refractivity contribution < 1.29 is 9.53 Å². The first-order valence-electron chi connectivity index (χ1n) is 11.2. The minimum Gasteiger partial charge on any atom is -0.494 e. The summed E-state index contributed by atoms with van der Waals surface area (Å²) in [6, 6.07) is 18.0. The van der Waals surface area contributed by atoms with Crippen molar-refractivity contribution in [2.45, 2.75) is 13.8 Å². The van der Waals surface area contributed by atoms with E-state index in [1.54, 1.807) is 13.3 Å². The Bertz CT molecular complexity index is 1310. The van der Waals surface area contributed by atoms with Gasteiger partial charge in [0.25, 0.3) is 5.91 Å². The molecule has 7 heteroatoms. The van der Waals surface area contributed by atoms with Crippen LogP contribution in [0.1, 0.15) is 21.6 Å². The molecule has 2 aromatic heterocycles. The molecular formula is C26H27N5O2. The van der Waals surface area contributed by atoms with E-state index in [1.165, 1.54) is 0 Å². The van der Waals surface area contributed by atoms with Crippen LogP contribution in [-0.2, 0) is 0 Å². The third-order valence-electron chi connectivity index (χ3n) is 6.35. The van der Waals surface area contributed by atoms with Crippen LogP contribution in [-0.4, -0.2) is 58.9 Å². The van der Waals surface area contributed by atoms with Crippen molar-refractivity contribution in [3.8, 4) is 11.4 Å². The van der Waals surface area contributed by atoms with Crippen molar-refractivity contribution >= 4 is 22.6 Å². The van der Waals surface area contributed by atoms with Gasteiger partial charge in [-0.25, -0.2) is 9.67 Å². The van der Waals surface area contributed by atoms with E-state index in [1.807, 2.05) is 59.0 Å². The van der Waals surface area contributed by atoms with Crippen LogP contribution in [0.3, 0.4) is 0 Å². The molecule has 0 radical (unpaired) electrons. The van der Waals surface area contributed by atoms with Crippen molar-refractivity contribution in [2.24, 2.45) is 0 Å². The number of ether oxygens (including phenoxy) is 1. The van der Waals surface area contributed by atoms with E-state index in [-0.39, 0.29) is 5.91 Å². The minimum absolute atomic E-state index is 0.0265. The second-order valence-electron chi connectivity index (χ2n) is 8.32. The van der Waals surface area contributed by atoms with E-state index in [2.05, 4.69) is 29.1 Å². The van der Waals surface area contributed by atoms with Crippen LogP contribution >= 0.6 is 0 Å². The van der Waals surface area contributed by atoms with Crippen molar-refractivity contribution in [1.29, 1.82) is 0 Å². The molecule has 5 rings (SSSR count). The zero-order chi connectivity index (χ0) is 22.9. The van der Waals surface area contributed by atoms with Crippen LogP contribution in [0.15, 0.2) is 60.8 Å². The van der Waals surface area contributed by atoms with Gasteiger partial charge in [-0.15, -0.1) is 0 Å². The molecule has 1 aliphatic heterocycles. The maximum absolute atomic E-state index is 13.2. The predicted molar refractivity (Wildman–Crippen MR) is 129 cm³/mol. The fourth-order valence-corrected chi connectivity index (χ4v) is 4.46. The van der Waals surface area contributed by atoms with Gasteiger partial charge < -0.3 is 14.5 Å². The number of piperazine rings is 1. The number of hydrogen-bond acceptors (Lipinski definition) is 5. The smallest absolute Gasteiger partial charge is 0.257 e. The third-order valence-corrected chi connectivity index (χ3v) is 6.35. The molecule has 0 N–H and O–H groups in total. The van der Waals surface area contributed by atoms with E-state index in [0.29, 0.717) is 18.7 Å². The van der Waals surface area contributed by atoms with Crippen LogP contribution in [0.25, 0.3) is 16.6 Å². The van der Waals surface area contributed by atoms with Crippen molar-refractivity contribution in [3.05, 3.63) is 77.6 Å². The number of methoxy groups -OCH3 is 1. The van der Waals surface area contributed by atoms with Crippen molar-refractivity contribution in [2.75, 3.05) is 38.2 Å². The number of carbonyl (C=O) groups is 1. The van der Waals surface area contributed by atoms with Crippen LogP contribution in [0, 0.1) is 13.8 Å². The molecule has 2 aromatic carbocycles. The number of amides is 1. The quantitative estimate of drug-likeness (QED) is 0.479. The molecule has 7 nitrogen and oxygen atoms in total. The average molecular weight is 442 g/mol. The largest absolute Gasteiger partial charge is 0.494 e. The zero-order valence-corrected chi connectivity index (χ0v) is 19.2. The van der Waals surface area contributed by atoms with E-state index in [0.717, 1.165) is 52.5 Å². The minimum atomic E-state index is 0.0265. The molecule has 0 aliphatic carbocycles. The number of hydrogen-bond donors (Lipinski definition) is 0. The van der Waals surface area contributed by atoms with Crippen molar-refractivity contribution in [3.63, 3.8) is 0 Å². The highest BCUT2D eigenvalue weighted by molar-refractivity contribution is 5.95. The van der Waals surface area contributed by atoms with Gasteiger partial charge >= 0.3 is 0 Å². The summed E-state index contributed by atoms with van der Waals surface area (Å²) in [4.78, 5) is 22.3. The molecule has 1 amide bonds. The Hall–Kier alpha value is -3.87. The first-order chi connectivity index (χ1) is 16.1. The molecule has 3 heterocycles. The molecule has 0 saturated carbocycles. The maximum atomic E-state index is 13.2. The van der Waals surface area contributed by atoms with E-state index < -0.39 is 0 Å². The molecular weight excluding hydrogens is 414 g/mol. The predicted octanol–water partition coefficient (Wildman–Crippen LogP) is 4.01. The SMILES string of the molecule is COc1cccc2c(C)cc(N3CCN(C(=O)c4cnn(-c5ccccc5)c4C)CC3)nc12. The number of rotatable bonds is 4. The Kier molecular flexibility index (Phi) is 5.46. The fraction of sp³-hybridized carbons (Fsp3) is 0.269. The molecule has 1 saturated heterocycles. The lowest BCUT2D eigenvalue weighted by Gasteiger charge is -2.35. The highest BCUT2D eigenvalue weighted by atomic mass is 16.5. The summed E-state index contributed by atoms with van der Waals surface area (Å²) in [5, 5.41) is 5.55. The van der Waals surface area contributed by atoms with Gasteiger partial charge in [-0.05, 0) is 43.7 Å². The Morgan fingerprint density at radius 1 is 0.970 bits per heavy atom. The van der Waals surface area contributed by atoms with Gasteiger partial charge in [-0.1, -0.05) is 30.3 Å². The number of anilines is 1. The second-order valence-corrected chi connectivity index (χ2v) is 8.32. The Balaban J connectivity index is 1.33. The number of para-hydroxylation sites is 2. The first kappa shape index (κ1) is 21.0. The van der Waals surface area contributed by atoms with Gasteiger partial charge in [0, 0.05) is 31.6 Å². The van der Waals surface area contributed by atoms with E-state index in [9.17, 15) is 4.79 Å². The van der Waals surface area contributed by atoms with E-state index in [4.69, 9.17) is 9.72 Å². The summed E-state index contributed by atoms with van der Waals surface area (Å²) in [5.74, 6) is 1.72. The van der Waals surface area contributed by atoms with Crippen LogP contribution in [0.4, 0.5) is 5.82 Å². The molecule has 168 valence electrons. The van der Waals surface area contributed by atoms with Gasteiger partial charge in [0.1, 0.15) is 17.1 Å². The number of nitrogens with zero attached hydrogens (tertiary/aromatic N) is 5. The number of pyridine rings is 1. The van der Waals surface area contributed by atoms with E-state index >= 15 is 0 Å². The number of benzene rings is 2. The van der Waals surface area contributed by atoms with Gasteiger partial charge in [-0.3, -0.25) is 4.79 Å². The highest BCUT2D eigenvalue weighted by Gasteiger charge is 2.26. The molecule has 1 fully saturated rings. The lowest BCUT2D eigenvalue weighted by Crippen LogP contribution is -2.49. The number of aryl methyl sites for hydroxylation is 1. The number of fused-ring (bicyclic) bond motifs is 1. The Labute approximate surface area is 193 Å². The van der Waals surface area contributed by atoms with Crippen LogP contribution < -0.4 is 9.64 Å². The Morgan fingerprint density at radius 2 is 1.73 bits per heavy atom.